The highest BCUT2D eigenvalue weighted by Gasteiger charge is 2.13. The van der Waals surface area contributed by atoms with Gasteiger partial charge in [-0.15, -0.1) is 10.2 Å². The third-order valence-corrected chi connectivity index (χ3v) is 5.54. The van der Waals surface area contributed by atoms with E-state index < -0.39 is 0 Å². The number of carbonyl (C=O) groups is 1. The molecular weight excluding hydrogens is 372 g/mol. The van der Waals surface area contributed by atoms with E-state index in [0.717, 1.165) is 11.2 Å². The van der Waals surface area contributed by atoms with E-state index in [4.69, 9.17) is 4.42 Å². The summed E-state index contributed by atoms with van der Waals surface area (Å²) in [6.07, 6.45) is 1.43. The van der Waals surface area contributed by atoms with E-state index in [1.54, 1.807) is 24.3 Å². The summed E-state index contributed by atoms with van der Waals surface area (Å²) in [5.41, 5.74) is 1.59. The normalized spacial score (nSPS) is 10.9. The standard InChI is InChI=1S/C17H12N4O3S2/c22-13-8-10(18-12-5-2-1-4-11(12)13)9-25-17-21-20-16(26-17)19-15(23)14-6-3-7-24-14/h1-8H,9H2,(H,18,22)(H,19,20,23). The number of amides is 1. The number of thioether (sulfide) groups is 1. The summed E-state index contributed by atoms with van der Waals surface area (Å²) < 4.78 is 5.72. The zero-order valence-corrected chi connectivity index (χ0v) is 14.9. The minimum atomic E-state index is -0.374. The second-order valence-electron chi connectivity index (χ2n) is 5.30. The molecule has 130 valence electrons. The van der Waals surface area contributed by atoms with Crippen LogP contribution in [0.1, 0.15) is 16.2 Å². The molecular formula is C17H12N4O3S2. The highest BCUT2D eigenvalue weighted by Crippen LogP contribution is 2.28. The van der Waals surface area contributed by atoms with E-state index in [2.05, 4.69) is 20.5 Å². The molecule has 2 N–H and O–H groups in total. The molecule has 4 rings (SSSR count). The van der Waals surface area contributed by atoms with Crippen molar-refractivity contribution in [3.63, 3.8) is 0 Å². The van der Waals surface area contributed by atoms with E-state index in [-0.39, 0.29) is 17.1 Å². The third-order valence-electron chi connectivity index (χ3n) is 3.52. The van der Waals surface area contributed by atoms with Gasteiger partial charge in [-0.2, -0.15) is 0 Å². The highest BCUT2D eigenvalue weighted by atomic mass is 32.2. The zero-order valence-electron chi connectivity index (χ0n) is 13.3. The molecule has 3 aromatic heterocycles. The summed E-state index contributed by atoms with van der Waals surface area (Å²) in [4.78, 5) is 27.3. The first-order valence-corrected chi connectivity index (χ1v) is 9.41. The predicted octanol–water partition coefficient (Wildman–Crippen LogP) is 3.52. The smallest absolute Gasteiger partial charge is 0.293 e. The van der Waals surface area contributed by atoms with Crippen LogP contribution < -0.4 is 10.7 Å². The highest BCUT2D eigenvalue weighted by molar-refractivity contribution is 8.00. The van der Waals surface area contributed by atoms with E-state index in [0.29, 0.717) is 20.6 Å². The number of carbonyl (C=O) groups excluding carboxylic acids is 1. The van der Waals surface area contributed by atoms with Crippen LogP contribution in [0.3, 0.4) is 0 Å². The average molecular weight is 384 g/mol. The largest absolute Gasteiger partial charge is 0.459 e. The van der Waals surface area contributed by atoms with Crippen molar-refractivity contribution in [1.29, 1.82) is 0 Å². The van der Waals surface area contributed by atoms with Gasteiger partial charge in [-0.05, 0) is 24.3 Å². The lowest BCUT2D eigenvalue weighted by Crippen LogP contribution is -2.10. The fourth-order valence-electron chi connectivity index (χ4n) is 2.35. The van der Waals surface area contributed by atoms with E-state index in [1.165, 1.54) is 29.4 Å². The molecule has 0 atom stereocenters. The molecule has 3 heterocycles. The Balaban J connectivity index is 1.43. The summed E-state index contributed by atoms with van der Waals surface area (Å²) in [7, 11) is 0. The minimum absolute atomic E-state index is 0.0152. The number of furan rings is 1. The number of aromatic amines is 1. The molecule has 0 aliphatic heterocycles. The van der Waals surface area contributed by atoms with E-state index >= 15 is 0 Å². The molecule has 0 aliphatic carbocycles. The van der Waals surface area contributed by atoms with Gasteiger partial charge in [0.15, 0.2) is 15.5 Å². The molecule has 7 nitrogen and oxygen atoms in total. The van der Waals surface area contributed by atoms with Crippen LogP contribution in [-0.2, 0) is 5.75 Å². The monoisotopic (exact) mass is 384 g/mol. The first-order chi connectivity index (χ1) is 12.7. The maximum Gasteiger partial charge on any atom is 0.293 e. The molecule has 0 radical (unpaired) electrons. The Bertz CT molecular complexity index is 1120. The summed E-state index contributed by atoms with van der Waals surface area (Å²) >= 11 is 2.70. The van der Waals surface area contributed by atoms with Crippen molar-refractivity contribution in [3.8, 4) is 0 Å². The Morgan fingerprint density at radius 2 is 2.12 bits per heavy atom. The molecule has 1 amide bonds. The van der Waals surface area contributed by atoms with Gasteiger partial charge in [0.05, 0.1) is 6.26 Å². The number of para-hydroxylation sites is 1. The summed E-state index contributed by atoms with van der Waals surface area (Å²) in [5, 5.41) is 11.7. The second-order valence-corrected chi connectivity index (χ2v) is 7.50. The quantitative estimate of drug-likeness (QED) is 0.403. The molecule has 0 bridgehead atoms. The lowest BCUT2D eigenvalue weighted by atomic mass is 10.2. The molecule has 9 heteroatoms. The first kappa shape index (κ1) is 16.6. The maximum atomic E-state index is 12.1. The molecule has 1 aromatic carbocycles. The van der Waals surface area contributed by atoms with Gasteiger partial charge in [0.1, 0.15) is 0 Å². The second kappa shape index (κ2) is 7.14. The van der Waals surface area contributed by atoms with Crippen molar-refractivity contribution in [2.24, 2.45) is 0 Å². The molecule has 0 spiro atoms. The number of H-pyrrole nitrogens is 1. The van der Waals surface area contributed by atoms with Crippen LogP contribution in [0.4, 0.5) is 5.13 Å². The Morgan fingerprint density at radius 1 is 1.23 bits per heavy atom. The summed E-state index contributed by atoms with van der Waals surface area (Å²) in [6.45, 7) is 0. The van der Waals surface area contributed by atoms with Gasteiger partial charge in [-0.1, -0.05) is 35.2 Å². The molecule has 4 aromatic rings. The van der Waals surface area contributed by atoms with Crippen LogP contribution in [0, 0.1) is 0 Å². The number of benzene rings is 1. The molecule has 0 aliphatic rings. The van der Waals surface area contributed by atoms with Crippen LogP contribution in [0.2, 0.25) is 0 Å². The van der Waals surface area contributed by atoms with E-state index in [1.807, 2.05) is 18.2 Å². The van der Waals surface area contributed by atoms with Gasteiger partial charge >= 0.3 is 0 Å². The average Bonchev–Trinajstić information content (AvgIpc) is 3.32. The fourth-order valence-corrected chi connectivity index (χ4v) is 4.01. The predicted molar refractivity (Wildman–Crippen MR) is 101 cm³/mol. The Labute approximate surface area is 155 Å². The summed E-state index contributed by atoms with van der Waals surface area (Å²) in [6, 6.07) is 12.2. The number of fused-ring (bicyclic) bond motifs is 1. The van der Waals surface area contributed by atoms with Crippen molar-refractivity contribution >= 4 is 45.0 Å². The van der Waals surface area contributed by atoms with Gasteiger partial charge in [-0.25, -0.2) is 0 Å². The number of nitrogens with one attached hydrogen (secondary N) is 2. The number of anilines is 1. The number of rotatable bonds is 5. The summed E-state index contributed by atoms with van der Waals surface area (Å²) in [5.74, 6) is 0.380. The first-order valence-electron chi connectivity index (χ1n) is 7.61. The molecule has 26 heavy (non-hydrogen) atoms. The van der Waals surface area contributed by atoms with Crippen molar-refractivity contribution in [2.45, 2.75) is 10.1 Å². The van der Waals surface area contributed by atoms with Crippen molar-refractivity contribution in [1.82, 2.24) is 15.2 Å². The van der Waals surface area contributed by atoms with Crippen molar-refractivity contribution < 1.29 is 9.21 Å². The van der Waals surface area contributed by atoms with E-state index in [9.17, 15) is 9.59 Å². The third kappa shape index (κ3) is 3.53. The number of aromatic nitrogens is 3. The van der Waals surface area contributed by atoms with Gasteiger partial charge in [0.2, 0.25) is 5.13 Å². The van der Waals surface area contributed by atoms with Crippen LogP contribution in [0.5, 0.6) is 0 Å². The van der Waals surface area contributed by atoms with Gasteiger partial charge in [-0.3, -0.25) is 14.9 Å². The number of hydrogen-bond donors (Lipinski definition) is 2. The van der Waals surface area contributed by atoms with Gasteiger partial charge < -0.3 is 9.40 Å². The van der Waals surface area contributed by atoms with Crippen molar-refractivity contribution in [3.05, 3.63) is 70.4 Å². The zero-order chi connectivity index (χ0) is 17.9. The van der Waals surface area contributed by atoms with Gasteiger partial charge in [0.25, 0.3) is 5.91 Å². The SMILES string of the molecule is O=C(Nc1nnc(SCc2cc(=O)c3ccccc3[nH]2)s1)c1ccco1. The molecule has 0 unspecified atom stereocenters. The molecule has 0 saturated carbocycles. The van der Waals surface area contributed by atoms with Gasteiger partial charge in [0, 0.05) is 28.4 Å². The lowest BCUT2D eigenvalue weighted by molar-refractivity contribution is 0.0996. The fraction of sp³-hybridized carbons (Fsp3) is 0.0588. The number of hydrogen-bond acceptors (Lipinski definition) is 7. The van der Waals surface area contributed by atoms with Crippen LogP contribution in [0.15, 0.2) is 62.3 Å². The lowest BCUT2D eigenvalue weighted by Gasteiger charge is -2.02. The molecule has 0 saturated heterocycles. The Hall–Kier alpha value is -2.91. The van der Waals surface area contributed by atoms with Crippen LogP contribution >= 0.6 is 23.1 Å². The number of pyridine rings is 1. The van der Waals surface area contributed by atoms with Crippen LogP contribution in [0.25, 0.3) is 10.9 Å². The Morgan fingerprint density at radius 3 is 2.96 bits per heavy atom. The minimum Gasteiger partial charge on any atom is -0.459 e. The Kier molecular flexibility index (Phi) is 4.55. The topological polar surface area (TPSA) is 101 Å². The van der Waals surface area contributed by atoms with Crippen LogP contribution in [-0.4, -0.2) is 21.1 Å². The number of nitrogens with zero attached hydrogens (tertiary/aromatic N) is 2. The maximum absolute atomic E-state index is 12.1. The molecule has 0 fully saturated rings. The van der Waals surface area contributed by atoms with Crippen molar-refractivity contribution in [2.75, 3.05) is 5.32 Å².